The molecule has 10 heteroatoms. The molecule has 1 N–H and O–H groups in total. The molecular formula is C25H31Br2N3O4S. The zero-order valence-electron chi connectivity index (χ0n) is 19.9. The number of nitrogens with zero attached hydrogens (tertiary/aromatic N) is 2. The average Bonchev–Trinajstić information content (AvgIpc) is 2.82. The van der Waals surface area contributed by atoms with Gasteiger partial charge < -0.3 is 10.2 Å². The van der Waals surface area contributed by atoms with Gasteiger partial charge in [-0.3, -0.25) is 13.9 Å². The molecule has 0 aromatic heterocycles. The summed E-state index contributed by atoms with van der Waals surface area (Å²) in [6.45, 7) is 1.47. The fraction of sp³-hybridized carbons (Fsp3) is 0.440. The van der Waals surface area contributed by atoms with E-state index in [1.165, 1.54) is 11.3 Å². The normalized spacial score (nSPS) is 15.3. The summed E-state index contributed by atoms with van der Waals surface area (Å²) in [6.07, 6.45) is 6.28. The third-order valence-electron chi connectivity index (χ3n) is 6.18. The summed E-state index contributed by atoms with van der Waals surface area (Å²) in [5.41, 5.74) is 1.22. The zero-order valence-corrected chi connectivity index (χ0v) is 23.9. The Kier molecular flexibility index (Phi) is 9.77. The lowest BCUT2D eigenvalue weighted by atomic mass is 9.95. The summed E-state index contributed by atoms with van der Waals surface area (Å²) in [7, 11) is -3.74. The van der Waals surface area contributed by atoms with E-state index in [2.05, 4.69) is 37.2 Å². The Morgan fingerprint density at radius 2 is 1.51 bits per heavy atom. The predicted molar refractivity (Wildman–Crippen MR) is 146 cm³/mol. The molecule has 1 unspecified atom stereocenters. The van der Waals surface area contributed by atoms with Gasteiger partial charge in [0, 0.05) is 21.5 Å². The number of carbonyl (C=O) groups excluding carboxylic acids is 2. The van der Waals surface area contributed by atoms with Crippen molar-refractivity contribution in [2.45, 2.75) is 57.7 Å². The van der Waals surface area contributed by atoms with Crippen molar-refractivity contribution >= 4 is 59.4 Å². The second-order valence-electron chi connectivity index (χ2n) is 8.91. The Morgan fingerprint density at radius 3 is 2.06 bits per heavy atom. The molecule has 1 aliphatic carbocycles. The Labute approximate surface area is 224 Å². The van der Waals surface area contributed by atoms with Crippen LogP contribution in [0.2, 0.25) is 0 Å². The topological polar surface area (TPSA) is 86.8 Å². The van der Waals surface area contributed by atoms with Gasteiger partial charge in [-0.25, -0.2) is 8.42 Å². The molecule has 2 aromatic carbocycles. The van der Waals surface area contributed by atoms with E-state index in [9.17, 15) is 18.0 Å². The number of hydrogen-bond donors (Lipinski definition) is 1. The highest BCUT2D eigenvalue weighted by atomic mass is 79.9. The van der Waals surface area contributed by atoms with E-state index >= 15 is 0 Å². The lowest BCUT2D eigenvalue weighted by Gasteiger charge is -2.33. The van der Waals surface area contributed by atoms with E-state index in [0.29, 0.717) is 5.69 Å². The summed E-state index contributed by atoms with van der Waals surface area (Å²) in [5, 5.41) is 3.09. The summed E-state index contributed by atoms with van der Waals surface area (Å²) in [4.78, 5) is 28.2. The first kappa shape index (κ1) is 27.7. The highest BCUT2D eigenvalue weighted by Crippen LogP contribution is 2.22. The number of anilines is 1. The molecule has 1 aliphatic rings. The second kappa shape index (κ2) is 12.4. The molecule has 2 aromatic rings. The summed E-state index contributed by atoms with van der Waals surface area (Å²) in [6, 6.07) is 13.5. The summed E-state index contributed by atoms with van der Waals surface area (Å²) >= 11 is 6.76. The number of sulfonamides is 1. The molecule has 190 valence electrons. The number of amides is 2. The van der Waals surface area contributed by atoms with Crippen LogP contribution in [0.4, 0.5) is 5.69 Å². The van der Waals surface area contributed by atoms with E-state index in [0.717, 1.165) is 50.8 Å². The van der Waals surface area contributed by atoms with Gasteiger partial charge in [0.25, 0.3) is 0 Å². The second-order valence-corrected chi connectivity index (χ2v) is 12.7. The van der Waals surface area contributed by atoms with Gasteiger partial charge in [0.2, 0.25) is 21.8 Å². The number of nitrogens with one attached hydrogen (secondary N) is 1. The SMILES string of the molecule is CC(C(=O)NC1CCCCC1)N(Cc1ccc(Br)cc1)C(=O)CN(c1ccc(Br)cc1)S(C)(=O)=O. The van der Waals surface area contributed by atoms with Crippen LogP contribution in [0.3, 0.4) is 0 Å². The van der Waals surface area contributed by atoms with Gasteiger partial charge in [-0.1, -0.05) is 63.3 Å². The molecular weight excluding hydrogens is 598 g/mol. The molecule has 1 saturated carbocycles. The van der Waals surface area contributed by atoms with Crippen LogP contribution >= 0.6 is 31.9 Å². The minimum absolute atomic E-state index is 0.110. The maximum Gasteiger partial charge on any atom is 0.244 e. The molecule has 0 saturated heterocycles. The summed E-state index contributed by atoms with van der Waals surface area (Å²) < 4.78 is 28.0. The fourth-order valence-electron chi connectivity index (χ4n) is 4.16. The highest BCUT2D eigenvalue weighted by molar-refractivity contribution is 9.10. The van der Waals surface area contributed by atoms with Crippen LogP contribution < -0.4 is 9.62 Å². The average molecular weight is 629 g/mol. The molecule has 1 fully saturated rings. The van der Waals surface area contributed by atoms with Crippen molar-refractivity contribution in [2.24, 2.45) is 0 Å². The minimum atomic E-state index is -3.74. The summed E-state index contributed by atoms with van der Waals surface area (Å²) in [5.74, 6) is -0.676. The Hall–Kier alpha value is -1.91. The minimum Gasteiger partial charge on any atom is -0.352 e. The Bertz CT molecular complexity index is 1120. The van der Waals surface area contributed by atoms with Gasteiger partial charge in [0.15, 0.2) is 0 Å². The van der Waals surface area contributed by atoms with Crippen LogP contribution in [0.1, 0.15) is 44.6 Å². The molecule has 0 radical (unpaired) electrons. The van der Waals surface area contributed by atoms with Crippen molar-refractivity contribution in [1.82, 2.24) is 10.2 Å². The molecule has 1 atom stereocenters. The van der Waals surface area contributed by atoms with E-state index in [1.54, 1.807) is 31.2 Å². The third kappa shape index (κ3) is 8.05. The van der Waals surface area contributed by atoms with Gasteiger partial charge in [-0.15, -0.1) is 0 Å². The van der Waals surface area contributed by atoms with E-state index in [-0.39, 0.29) is 18.5 Å². The number of halogens is 2. The quantitative estimate of drug-likeness (QED) is 0.430. The van der Waals surface area contributed by atoms with Crippen LogP contribution in [-0.2, 0) is 26.2 Å². The van der Waals surface area contributed by atoms with Crippen molar-refractivity contribution < 1.29 is 18.0 Å². The van der Waals surface area contributed by atoms with Crippen molar-refractivity contribution in [3.05, 3.63) is 63.0 Å². The smallest absolute Gasteiger partial charge is 0.244 e. The molecule has 7 nitrogen and oxygen atoms in total. The number of benzene rings is 2. The first-order chi connectivity index (χ1) is 16.5. The number of rotatable bonds is 9. The Balaban J connectivity index is 1.85. The van der Waals surface area contributed by atoms with Crippen molar-refractivity contribution in [1.29, 1.82) is 0 Å². The van der Waals surface area contributed by atoms with E-state index < -0.39 is 28.5 Å². The predicted octanol–water partition coefficient (Wildman–Crippen LogP) is 4.84. The molecule has 2 amide bonds. The van der Waals surface area contributed by atoms with Crippen LogP contribution in [0, 0.1) is 0 Å². The van der Waals surface area contributed by atoms with Gasteiger partial charge in [0.05, 0.1) is 11.9 Å². The lowest BCUT2D eigenvalue weighted by Crippen LogP contribution is -2.52. The van der Waals surface area contributed by atoms with E-state index in [1.807, 2.05) is 24.3 Å². The van der Waals surface area contributed by atoms with Crippen molar-refractivity contribution in [3.8, 4) is 0 Å². The molecule has 0 aliphatic heterocycles. The van der Waals surface area contributed by atoms with Crippen LogP contribution in [0.25, 0.3) is 0 Å². The van der Waals surface area contributed by atoms with Crippen LogP contribution in [0.5, 0.6) is 0 Å². The highest BCUT2D eigenvalue weighted by Gasteiger charge is 2.31. The molecule has 3 rings (SSSR count). The Morgan fingerprint density at radius 1 is 0.971 bits per heavy atom. The third-order valence-corrected chi connectivity index (χ3v) is 8.38. The number of hydrogen-bond acceptors (Lipinski definition) is 4. The van der Waals surface area contributed by atoms with Gasteiger partial charge in [-0.05, 0) is 61.7 Å². The maximum absolute atomic E-state index is 13.6. The zero-order chi connectivity index (χ0) is 25.6. The standard InChI is InChI=1S/C25H31Br2N3O4S/c1-18(25(32)28-22-6-4-3-5-7-22)29(16-19-8-10-20(26)11-9-19)24(31)17-30(35(2,33)34)23-14-12-21(27)13-15-23/h8-15,18,22H,3-7,16-17H2,1-2H3,(H,28,32). The molecule has 0 heterocycles. The van der Waals surface area contributed by atoms with Crippen LogP contribution in [0.15, 0.2) is 57.5 Å². The maximum atomic E-state index is 13.6. The molecule has 0 spiro atoms. The van der Waals surface area contributed by atoms with Gasteiger partial charge >= 0.3 is 0 Å². The largest absolute Gasteiger partial charge is 0.352 e. The van der Waals surface area contributed by atoms with Crippen molar-refractivity contribution in [3.63, 3.8) is 0 Å². The van der Waals surface area contributed by atoms with Crippen molar-refractivity contribution in [2.75, 3.05) is 17.1 Å². The number of carbonyl (C=O) groups is 2. The first-order valence-electron chi connectivity index (χ1n) is 11.6. The van der Waals surface area contributed by atoms with Crippen LogP contribution in [-0.4, -0.2) is 50.0 Å². The molecule has 0 bridgehead atoms. The van der Waals surface area contributed by atoms with Gasteiger partial charge in [0.1, 0.15) is 12.6 Å². The lowest BCUT2D eigenvalue weighted by molar-refractivity contribution is -0.139. The molecule has 35 heavy (non-hydrogen) atoms. The van der Waals surface area contributed by atoms with Gasteiger partial charge in [-0.2, -0.15) is 0 Å². The van der Waals surface area contributed by atoms with E-state index in [4.69, 9.17) is 0 Å². The fourth-order valence-corrected chi connectivity index (χ4v) is 5.54. The monoisotopic (exact) mass is 627 g/mol. The first-order valence-corrected chi connectivity index (χ1v) is 15.1.